The summed E-state index contributed by atoms with van der Waals surface area (Å²) >= 11 is 0. The Morgan fingerprint density at radius 1 is 1.50 bits per heavy atom. The van der Waals surface area contributed by atoms with E-state index >= 15 is 0 Å². The van der Waals surface area contributed by atoms with Crippen molar-refractivity contribution in [2.24, 2.45) is 18.9 Å². The van der Waals surface area contributed by atoms with Crippen LogP contribution in [0.2, 0.25) is 0 Å². The number of rotatable bonds is 4. The smallest absolute Gasteiger partial charge is 0.308 e. The number of hydrogen-bond acceptors (Lipinski definition) is 5. The normalized spacial score (nSPS) is 32.5. The summed E-state index contributed by atoms with van der Waals surface area (Å²) in [7, 11) is 3.36. The van der Waals surface area contributed by atoms with Gasteiger partial charge < -0.3 is 9.84 Å². The zero-order valence-corrected chi connectivity index (χ0v) is 13.3. The van der Waals surface area contributed by atoms with E-state index in [2.05, 4.69) is 16.2 Å². The minimum absolute atomic E-state index is 0.1000. The lowest BCUT2D eigenvalue weighted by Gasteiger charge is -2.26. The SMILES string of the molecule is COC(=O)[C@H]1C[C@@H](N2CC[C@@H](Cc3cnn(C)c3)C2)[C@@H](O)C1. The molecule has 6 heteroatoms. The Morgan fingerprint density at radius 2 is 2.32 bits per heavy atom. The fourth-order valence-electron chi connectivity index (χ4n) is 3.99. The van der Waals surface area contributed by atoms with Gasteiger partial charge >= 0.3 is 5.97 Å². The third-order valence-electron chi connectivity index (χ3n) is 5.10. The maximum Gasteiger partial charge on any atom is 0.308 e. The molecule has 1 aromatic rings. The van der Waals surface area contributed by atoms with Crippen LogP contribution in [0.3, 0.4) is 0 Å². The number of methoxy groups -OCH3 is 1. The Hall–Kier alpha value is -1.40. The van der Waals surface area contributed by atoms with Gasteiger partial charge in [0, 0.05) is 25.8 Å². The van der Waals surface area contributed by atoms with Crippen molar-refractivity contribution in [2.45, 2.75) is 37.8 Å². The monoisotopic (exact) mass is 307 g/mol. The van der Waals surface area contributed by atoms with Crippen LogP contribution in [0.15, 0.2) is 12.4 Å². The van der Waals surface area contributed by atoms with Crippen LogP contribution in [0.1, 0.15) is 24.8 Å². The molecular weight excluding hydrogens is 282 g/mol. The lowest BCUT2D eigenvalue weighted by molar-refractivity contribution is -0.145. The number of aryl methyl sites for hydroxylation is 1. The Morgan fingerprint density at radius 3 is 3.00 bits per heavy atom. The fraction of sp³-hybridized carbons (Fsp3) is 0.750. The Bertz CT molecular complexity index is 530. The Labute approximate surface area is 131 Å². The van der Waals surface area contributed by atoms with Crippen LogP contribution < -0.4 is 0 Å². The molecule has 1 aliphatic heterocycles. The van der Waals surface area contributed by atoms with Gasteiger partial charge in [0.1, 0.15) is 0 Å². The molecular formula is C16H25N3O3. The lowest BCUT2D eigenvalue weighted by atomic mass is 10.0. The highest BCUT2D eigenvalue weighted by Gasteiger charge is 2.42. The van der Waals surface area contributed by atoms with Gasteiger partial charge in [-0.2, -0.15) is 5.10 Å². The molecule has 1 aliphatic carbocycles. The molecule has 0 bridgehead atoms. The molecule has 1 aromatic heterocycles. The molecule has 2 heterocycles. The lowest BCUT2D eigenvalue weighted by Crippen LogP contribution is -2.39. The molecule has 3 rings (SSSR count). The first-order valence-electron chi connectivity index (χ1n) is 8.04. The summed E-state index contributed by atoms with van der Waals surface area (Å²) in [5, 5.41) is 14.5. The van der Waals surface area contributed by atoms with Crippen molar-refractivity contribution in [2.75, 3.05) is 20.2 Å². The topological polar surface area (TPSA) is 67.6 Å². The van der Waals surface area contributed by atoms with Crippen molar-refractivity contribution in [3.05, 3.63) is 18.0 Å². The van der Waals surface area contributed by atoms with Crippen LogP contribution in [0, 0.1) is 11.8 Å². The highest BCUT2D eigenvalue weighted by Crippen LogP contribution is 2.34. The van der Waals surface area contributed by atoms with E-state index in [1.54, 1.807) is 0 Å². The standard InChI is InChI=1S/C16H25N3O3/c1-18-9-12(8-17-18)5-11-3-4-19(10-11)14-6-13(7-15(14)20)16(21)22-2/h8-9,11,13-15,20H,3-7,10H2,1-2H3/t11-,13-,14+,15-/m0/s1. The van der Waals surface area contributed by atoms with Crippen molar-refractivity contribution >= 4 is 5.97 Å². The molecule has 1 N–H and O–H groups in total. The van der Waals surface area contributed by atoms with Gasteiger partial charge in [-0.3, -0.25) is 14.4 Å². The molecule has 1 saturated heterocycles. The molecule has 2 aliphatic rings. The molecule has 4 atom stereocenters. The molecule has 6 nitrogen and oxygen atoms in total. The van der Waals surface area contributed by atoms with Gasteiger partial charge in [-0.15, -0.1) is 0 Å². The Kier molecular flexibility index (Phi) is 4.49. The zero-order chi connectivity index (χ0) is 15.7. The van der Waals surface area contributed by atoms with Crippen molar-refractivity contribution in [3.63, 3.8) is 0 Å². The minimum atomic E-state index is -0.416. The van der Waals surface area contributed by atoms with Crippen LogP contribution in [0.4, 0.5) is 0 Å². The van der Waals surface area contributed by atoms with Crippen LogP contribution in [-0.4, -0.2) is 58.1 Å². The maximum atomic E-state index is 11.7. The summed E-state index contributed by atoms with van der Waals surface area (Å²) in [4.78, 5) is 14.0. The third kappa shape index (κ3) is 3.17. The summed E-state index contributed by atoms with van der Waals surface area (Å²) in [5.74, 6) is 0.267. The molecule has 0 spiro atoms. The second kappa shape index (κ2) is 6.38. The number of carbonyl (C=O) groups excluding carboxylic acids is 1. The van der Waals surface area contributed by atoms with E-state index in [1.165, 1.54) is 12.7 Å². The summed E-state index contributed by atoms with van der Waals surface area (Å²) in [6.07, 6.45) is 7.00. The van der Waals surface area contributed by atoms with Crippen LogP contribution in [-0.2, 0) is 23.0 Å². The molecule has 22 heavy (non-hydrogen) atoms. The first-order chi connectivity index (χ1) is 10.6. The quantitative estimate of drug-likeness (QED) is 0.825. The van der Waals surface area contributed by atoms with Crippen LogP contribution in [0.25, 0.3) is 0 Å². The first-order valence-corrected chi connectivity index (χ1v) is 8.04. The second-order valence-corrected chi connectivity index (χ2v) is 6.70. The Balaban J connectivity index is 1.55. The molecule has 2 fully saturated rings. The van der Waals surface area contributed by atoms with Crippen molar-refractivity contribution in [1.82, 2.24) is 14.7 Å². The van der Waals surface area contributed by atoms with Gasteiger partial charge in [-0.1, -0.05) is 0 Å². The highest BCUT2D eigenvalue weighted by atomic mass is 16.5. The summed E-state index contributed by atoms with van der Waals surface area (Å²) < 4.78 is 6.66. The maximum absolute atomic E-state index is 11.7. The number of aliphatic hydroxyl groups is 1. The fourth-order valence-corrected chi connectivity index (χ4v) is 3.99. The van der Waals surface area contributed by atoms with E-state index in [0.717, 1.165) is 25.9 Å². The first kappa shape index (κ1) is 15.5. The third-order valence-corrected chi connectivity index (χ3v) is 5.10. The highest BCUT2D eigenvalue weighted by molar-refractivity contribution is 5.72. The predicted molar refractivity (Wildman–Crippen MR) is 81.1 cm³/mol. The van der Waals surface area contributed by atoms with E-state index in [4.69, 9.17) is 4.74 Å². The molecule has 0 unspecified atom stereocenters. The summed E-state index contributed by atoms with van der Waals surface area (Å²) in [5.41, 5.74) is 1.27. The van der Waals surface area contributed by atoms with E-state index in [-0.39, 0.29) is 17.9 Å². The van der Waals surface area contributed by atoms with Crippen molar-refractivity contribution < 1.29 is 14.6 Å². The van der Waals surface area contributed by atoms with E-state index in [1.807, 2.05) is 17.9 Å². The molecule has 0 radical (unpaired) electrons. The van der Waals surface area contributed by atoms with Gasteiger partial charge in [-0.25, -0.2) is 0 Å². The molecule has 0 aromatic carbocycles. The number of likely N-dealkylation sites (tertiary alicyclic amines) is 1. The van der Waals surface area contributed by atoms with Gasteiger partial charge in [0.25, 0.3) is 0 Å². The van der Waals surface area contributed by atoms with E-state index in [9.17, 15) is 9.90 Å². The van der Waals surface area contributed by atoms with Gasteiger partial charge in [0.2, 0.25) is 0 Å². The van der Waals surface area contributed by atoms with Gasteiger partial charge in [0.15, 0.2) is 0 Å². The number of hydrogen-bond donors (Lipinski definition) is 1. The molecule has 1 saturated carbocycles. The number of aliphatic hydroxyl groups excluding tert-OH is 1. The van der Waals surface area contributed by atoms with Gasteiger partial charge in [0.05, 0.1) is 25.3 Å². The average Bonchev–Trinajstić information content (AvgIpc) is 3.19. The number of esters is 1. The summed E-state index contributed by atoms with van der Waals surface area (Å²) in [6, 6.07) is 0.1000. The van der Waals surface area contributed by atoms with Crippen molar-refractivity contribution in [3.8, 4) is 0 Å². The van der Waals surface area contributed by atoms with Crippen molar-refractivity contribution in [1.29, 1.82) is 0 Å². The van der Waals surface area contributed by atoms with Crippen LogP contribution >= 0.6 is 0 Å². The molecule has 122 valence electrons. The number of aromatic nitrogens is 2. The van der Waals surface area contributed by atoms with Gasteiger partial charge in [-0.05, 0) is 43.7 Å². The zero-order valence-electron chi connectivity index (χ0n) is 13.3. The average molecular weight is 307 g/mol. The second-order valence-electron chi connectivity index (χ2n) is 6.70. The van der Waals surface area contributed by atoms with Crippen LogP contribution in [0.5, 0.6) is 0 Å². The van der Waals surface area contributed by atoms with E-state index in [0.29, 0.717) is 18.8 Å². The number of nitrogens with zero attached hydrogens (tertiary/aromatic N) is 3. The number of carbonyl (C=O) groups is 1. The molecule has 0 amide bonds. The van der Waals surface area contributed by atoms with E-state index < -0.39 is 6.10 Å². The number of ether oxygens (including phenoxy) is 1. The predicted octanol–water partition coefficient (Wildman–Crippen LogP) is 0.597. The largest absolute Gasteiger partial charge is 0.469 e. The summed E-state index contributed by atoms with van der Waals surface area (Å²) in [6.45, 7) is 1.99. The minimum Gasteiger partial charge on any atom is -0.469 e.